The first kappa shape index (κ1) is 13.4. The first-order valence-electron chi connectivity index (χ1n) is 5.17. The number of nitro groups is 1. The molecule has 0 saturated carbocycles. The van der Waals surface area contributed by atoms with E-state index in [0.29, 0.717) is 6.54 Å². The lowest BCUT2D eigenvalue weighted by molar-refractivity contribution is -0.384. The second kappa shape index (κ2) is 6.17. The number of non-ortho nitro benzene ring substituents is 1. The number of aliphatic hydroxyl groups is 1. The van der Waals surface area contributed by atoms with Crippen LogP contribution in [0.2, 0.25) is 0 Å². The summed E-state index contributed by atoms with van der Waals surface area (Å²) in [6.07, 6.45) is -0.583. The highest BCUT2D eigenvalue weighted by atomic mass is 16.6. The summed E-state index contributed by atoms with van der Waals surface area (Å²) in [5.41, 5.74) is 0.866. The van der Waals surface area contributed by atoms with Crippen LogP contribution in [0.5, 0.6) is 0 Å². The largest absolute Gasteiger partial charge is 0.389 e. The van der Waals surface area contributed by atoms with E-state index in [2.05, 4.69) is 0 Å². The molecule has 0 heterocycles. The van der Waals surface area contributed by atoms with Gasteiger partial charge in [0.1, 0.15) is 0 Å². The molecule has 1 rings (SSSR count). The van der Waals surface area contributed by atoms with Gasteiger partial charge in [-0.2, -0.15) is 0 Å². The van der Waals surface area contributed by atoms with Gasteiger partial charge in [-0.1, -0.05) is 0 Å². The fourth-order valence-electron chi connectivity index (χ4n) is 1.50. The Bertz CT molecular complexity index is 366. The Hall–Kier alpha value is -1.66. The first-order chi connectivity index (χ1) is 8.04. The highest BCUT2D eigenvalue weighted by Gasteiger charge is 2.10. The molecule has 1 atom stereocenters. The average molecular weight is 240 g/mol. The number of benzene rings is 1. The Balaban J connectivity index is 2.63. The molecule has 1 unspecified atom stereocenters. The van der Waals surface area contributed by atoms with Crippen molar-refractivity contribution < 1.29 is 14.8 Å². The molecule has 1 N–H and O–H groups in total. The Labute approximate surface area is 99.6 Å². The van der Waals surface area contributed by atoms with Gasteiger partial charge in [0, 0.05) is 38.5 Å². The maximum Gasteiger partial charge on any atom is 0.269 e. The van der Waals surface area contributed by atoms with Crippen molar-refractivity contribution in [2.24, 2.45) is 0 Å². The number of methoxy groups -OCH3 is 1. The summed E-state index contributed by atoms with van der Waals surface area (Å²) < 4.78 is 4.82. The van der Waals surface area contributed by atoms with E-state index in [1.807, 2.05) is 4.90 Å². The van der Waals surface area contributed by atoms with Gasteiger partial charge in [0.05, 0.1) is 17.6 Å². The fraction of sp³-hybridized carbons (Fsp3) is 0.455. The van der Waals surface area contributed by atoms with Crippen molar-refractivity contribution in [3.05, 3.63) is 34.4 Å². The molecule has 0 bridgehead atoms. The molecule has 1 aromatic carbocycles. The molecule has 1 aromatic rings. The number of rotatable bonds is 6. The van der Waals surface area contributed by atoms with Crippen LogP contribution in [0, 0.1) is 10.1 Å². The molecule has 0 aromatic heterocycles. The van der Waals surface area contributed by atoms with Gasteiger partial charge in [0.25, 0.3) is 5.69 Å². The van der Waals surface area contributed by atoms with Crippen LogP contribution in [0.3, 0.4) is 0 Å². The van der Waals surface area contributed by atoms with Crippen molar-refractivity contribution in [3.8, 4) is 0 Å². The molecular formula is C11H16N2O4. The van der Waals surface area contributed by atoms with Gasteiger partial charge in [-0.05, 0) is 12.1 Å². The summed E-state index contributed by atoms with van der Waals surface area (Å²) in [7, 11) is 3.33. The molecule has 0 radical (unpaired) electrons. The second-order valence-corrected chi connectivity index (χ2v) is 3.76. The lowest BCUT2D eigenvalue weighted by Crippen LogP contribution is -2.31. The van der Waals surface area contributed by atoms with Crippen molar-refractivity contribution >= 4 is 11.4 Å². The minimum absolute atomic E-state index is 0.0552. The zero-order valence-corrected chi connectivity index (χ0v) is 9.87. The lowest BCUT2D eigenvalue weighted by atomic mass is 10.2. The lowest BCUT2D eigenvalue weighted by Gasteiger charge is -2.22. The maximum atomic E-state index is 10.5. The number of hydrogen-bond donors (Lipinski definition) is 1. The highest BCUT2D eigenvalue weighted by molar-refractivity contribution is 5.50. The summed E-state index contributed by atoms with van der Waals surface area (Å²) in [4.78, 5) is 11.9. The number of hydrogen-bond acceptors (Lipinski definition) is 5. The van der Waals surface area contributed by atoms with E-state index >= 15 is 0 Å². The van der Waals surface area contributed by atoms with Crippen LogP contribution in [0.4, 0.5) is 11.4 Å². The van der Waals surface area contributed by atoms with Gasteiger partial charge >= 0.3 is 0 Å². The smallest absolute Gasteiger partial charge is 0.269 e. The summed E-state index contributed by atoms with van der Waals surface area (Å²) in [6.45, 7) is 0.670. The molecule has 6 heteroatoms. The van der Waals surface area contributed by atoms with Crippen LogP contribution in [-0.4, -0.2) is 43.4 Å². The monoisotopic (exact) mass is 240 g/mol. The number of likely N-dealkylation sites (N-methyl/N-ethyl adjacent to an activating group) is 1. The molecule has 17 heavy (non-hydrogen) atoms. The van der Waals surface area contributed by atoms with Crippen LogP contribution in [-0.2, 0) is 4.74 Å². The van der Waals surface area contributed by atoms with Gasteiger partial charge < -0.3 is 14.7 Å². The average Bonchev–Trinajstić information content (AvgIpc) is 2.29. The van der Waals surface area contributed by atoms with Crippen LogP contribution in [0.15, 0.2) is 24.3 Å². The van der Waals surface area contributed by atoms with Crippen LogP contribution in [0.1, 0.15) is 0 Å². The van der Waals surface area contributed by atoms with Crippen molar-refractivity contribution in [2.75, 3.05) is 32.2 Å². The second-order valence-electron chi connectivity index (χ2n) is 3.76. The predicted molar refractivity (Wildman–Crippen MR) is 64.2 cm³/mol. The van der Waals surface area contributed by atoms with Gasteiger partial charge in [0.2, 0.25) is 0 Å². The standard InChI is InChI=1S/C11H16N2O4/c1-12(7-11(14)8-17-2)9-3-5-10(6-4-9)13(15)16/h3-6,11,14H,7-8H2,1-2H3. The van der Waals surface area contributed by atoms with Crippen molar-refractivity contribution in [2.45, 2.75) is 6.10 Å². The van der Waals surface area contributed by atoms with Crippen molar-refractivity contribution in [3.63, 3.8) is 0 Å². The van der Waals surface area contributed by atoms with E-state index in [1.54, 1.807) is 19.2 Å². The third-order valence-corrected chi connectivity index (χ3v) is 2.34. The first-order valence-corrected chi connectivity index (χ1v) is 5.17. The summed E-state index contributed by atoms with van der Waals surface area (Å²) >= 11 is 0. The van der Waals surface area contributed by atoms with Gasteiger partial charge in [-0.25, -0.2) is 0 Å². The maximum absolute atomic E-state index is 10.5. The summed E-state index contributed by atoms with van der Waals surface area (Å²) in [6, 6.07) is 6.18. The van der Waals surface area contributed by atoms with Gasteiger partial charge in [-0.3, -0.25) is 10.1 Å². The molecular weight excluding hydrogens is 224 g/mol. The Morgan fingerprint density at radius 3 is 2.53 bits per heavy atom. The summed E-state index contributed by atoms with van der Waals surface area (Å²) in [5.74, 6) is 0. The quantitative estimate of drug-likeness (QED) is 0.594. The van der Waals surface area contributed by atoms with E-state index in [1.165, 1.54) is 19.2 Å². The number of nitro benzene ring substituents is 1. The minimum Gasteiger partial charge on any atom is -0.389 e. The van der Waals surface area contributed by atoms with Gasteiger partial charge in [0.15, 0.2) is 0 Å². The third kappa shape index (κ3) is 4.01. The van der Waals surface area contributed by atoms with Crippen molar-refractivity contribution in [1.29, 1.82) is 0 Å². The number of aliphatic hydroxyl groups excluding tert-OH is 1. The Kier molecular flexibility index (Phi) is 4.86. The normalized spacial score (nSPS) is 12.2. The Morgan fingerprint density at radius 1 is 1.47 bits per heavy atom. The molecule has 94 valence electrons. The third-order valence-electron chi connectivity index (χ3n) is 2.34. The molecule has 0 spiro atoms. The SMILES string of the molecule is COCC(O)CN(C)c1ccc([N+](=O)[O-])cc1. The Morgan fingerprint density at radius 2 is 2.06 bits per heavy atom. The molecule has 0 aliphatic heterocycles. The van der Waals surface area contributed by atoms with E-state index in [-0.39, 0.29) is 12.3 Å². The molecule has 0 saturated heterocycles. The van der Waals surface area contributed by atoms with Crippen LogP contribution in [0.25, 0.3) is 0 Å². The minimum atomic E-state index is -0.583. The topological polar surface area (TPSA) is 75.8 Å². The molecule has 6 nitrogen and oxygen atoms in total. The molecule has 0 aliphatic rings. The number of ether oxygens (including phenoxy) is 1. The van der Waals surface area contributed by atoms with Crippen LogP contribution >= 0.6 is 0 Å². The van der Waals surface area contributed by atoms with Gasteiger partial charge in [-0.15, -0.1) is 0 Å². The van der Waals surface area contributed by atoms with Crippen LogP contribution < -0.4 is 4.90 Å². The number of nitrogens with zero attached hydrogens (tertiary/aromatic N) is 2. The molecule has 0 amide bonds. The fourth-order valence-corrected chi connectivity index (χ4v) is 1.50. The van der Waals surface area contributed by atoms with E-state index in [4.69, 9.17) is 4.74 Å². The van der Waals surface area contributed by atoms with Crippen molar-refractivity contribution in [1.82, 2.24) is 0 Å². The zero-order valence-electron chi connectivity index (χ0n) is 9.87. The van der Waals surface area contributed by atoms with E-state index < -0.39 is 11.0 Å². The van der Waals surface area contributed by atoms with E-state index in [0.717, 1.165) is 5.69 Å². The summed E-state index contributed by atoms with van der Waals surface area (Å²) in [5, 5.41) is 20.0. The molecule has 0 fully saturated rings. The highest BCUT2D eigenvalue weighted by Crippen LogP contribution is 2.18. The predicted octanol–water partition coefficient (Wildman–Crippen LogP) is 1.04. The zero-order chi connectivity index (χ0) is 12.8. The molecule has 0 aliphatic carbocycles. The van der Waals surface area contributed by atoms with E-state index in [9.17, 15) is 15.2 Å². The number of anilines is 1.